The molecule has 0 spiro atoms. The molecule has 1 heterocycles. The van der Waals surface area contributed by atoms with Gasteiger partial charge in [0.2, 0.25) is 5.88 Å². The highest BCUT2D eigenvalue weighted by molar-refractivity contribution is 9.10. The molecule has 8 heteroatoms. The van der Waals surface area contributed by atoms with Crippen molar-refractivity contribution in [2.45, 2.75) is 12.8 Å². The molecule has 0 unspecified atom stereocenters. The van der Waals surface area contributed by atoms with Crippen molar-refractivity contribution >= 4 is 15.9 Å². The summed E-state index contributed by atoms with van der Waals surface area (Å²) in [5, 5.41) is 0. The normalized spacial score (nSPS) is 11.2. The van der Waals surface area contributed by atoms with Crippen molar-refractivity contribution in [2.24, 2.45) is 0 Å². The van der Waals surface area contributed by atoms with Gasteiger partial charge in [-0.25, -0.2) is 9.97 Å². The number of halogens is 4. The van der Waals surface area contributed by atoms with E-state index in [4.69, 9.17) is 9.47 Å². The van der Waals surface area contributed by atoms with Crippen LogP contribution < -0.4 is 9.47 Å². The molecule has 0 saturated carbocycles. The maximum Gasteiger partial charge on any atom is 0.421 e. The van der Waals surface area contributed by atoms with Crippen molar-refractivity contribution in [3.05, 3.63) is 76.7 Å². The Morgan fingerprint density at radius 1 is 1.00 bits per heavy atom. The van der Waals surface area contributed by atoms with Crippen molar-refractivity contribution in [3.63, 3.8) is 0 Å². The minimum absolute atomic E-state index is 0.0412. The standard InChI is InChI=1S/C18H12BrF3N2O2/c19-13-6-7-14(26-15-8-9-23-11-24-15)17(16(13)18(20,21)22)25-10-12-4-2-1-3-5-12/h1-9,11H,10H2. The number of alkyl halides is 3. The van der Waals surface area contributed by atoms with Crippen LogP contribution in [0.1, 0.15) is 11.1 Å². The van der Waals surface area contributed by atoms with Crippen molar-refractivity contribution in [2.75, 3.05) is 0 Å². The second-order valence-corrected chi connectivity index (χ2v) is 6.03. The average Bonchev–Trinajstić information content (AvgIpc) is 2.62. The fourth-order valence-corrected chi connectivity index (χ4v) is 2.75. The van der Waals surface area contributed by atoms with E-state index in [0.29, 0.717) is 0 Å². The molecule has 134 valence electrons. The van der Waals surface area contributed by atoms with E-state index in [1.807, 2.05) is 6.07 Å². The Balaban J connectivity index is 2.00. The van der Waals surface area contributed by atoms with Crippen LogP contribution in [0.15, 0.2) is 65.5 Å². The molecule has 0 radical (unpaired) electrons. The van der Waals surface area contributed by atoms with Gasteiger partial charge in [-0.1, -0.05) is 46.3 Å². The van der Waals surface area contributed by atoms with Crippen LogP contribution >= 0.6 is 15.9 Å². The zero-order chi connectivity index (χ0) is 18.6. The van der Waals surface area contributed by atoms with Gasteiger partial charge in [-0.2, -0.15) is 13.2 Å². The first kappa shape index (κ1) is 18.2. The van der Waals surface area contributed by atoms with E-state index in [-0.39, 0.29) is 22.7 Å². The number of hydrogen-bond acceptors (Lipinski definition) is 4. The van der Waals surface area contributed by atoms with Crippen molar-refractivity contribution < 1.29 is 22.6 Å². The summed E-state index contributed by atoms with van der Waals surface area (Å²) in [7, 11) is 0. The van der Waals surface area contributed by atoms with E-state index in [9.17, 15) is 13.2 Å². The van der Waals surface area contributed by atoms with Gasteiger partial charge in [0.15, 0.2) is 11.5 Å². The van der Waals surface area contributed by atoms with E-state index in [2.05, 4.69) is 25.9 Å². The predicted octanol–water partition coefficient (Wildman–Crippen LogP) is 5.63. The Hall–Kier alpha value is -2.61. The van der Waals surface area contributed by atoms with Crippen LogP contribution in [0.2, 0.25) is 0 Å². The Morgan fingerprint density at radius 3 is 2.42 bits per heavy atom. The molecule has 0 fully saturated rings. The fourth-order valence-electron chi connectivity index (χ4n) is 2.21. The lowest BCUT2D eigenvalue weighted by Gasteiger charge is -2.19. The molecular weight excluding hydrogens is 413 g/mol. The van der Waals surface area contributed by atoms with Gasteiger partial charge >= 0.3 is 6.18 Å². The quantitative estimate of drug-likeness (QED) is 0.532. The average molecular weight is 425 g/mol. The number of aromatic nitrogens is 2. The maximum atomic E-state index is 13.6. The van der Waals surface area contributed by atoms with Crippen LogP contribution in [0.3, 0.4) is 0 Å². The summed E-state index contributed by atoms with van der Waals surface area (Å²) in [6.07, 6.45) is -1.96. The third kappa shape index (κ3) is 4.32. The van der Waals surface area contributed by atoms with Gasteiger partial charge < -0.3 is 9.47 Å². The molecule has 26 heavy (non-hydrogen) atoms. The number of nitrogens with zero attached hydrogens (tertiary/aromatic N) is 2. The summed E-state index contributed by atoms with van der Waals surface area (Å²) in [6, 6.07) is 13.0. The molecule has 2 aromatic carbocycles. The third-order valence-corrected chi connectivity index (χ3v) is 4.01. The Kier molecular flexibility index (Phi) is 5.41. The monoisotopic (exact) mass is 424 g/mol. The zero-order valence-corrected chi connectivity index (χ0v) is 14.8. The predicted molar refractivity (Wildman–Crippen MR) is 92.0 cm³/mol. The molecule has 0 N–H and O–H groups in total. The first-order valence-corrected chi connectivity index (χ1v) is 8.25. The molecule has 0 aliphatic carbocycles. The minimum Gasteiger partial charge on any atom is -0.484 e. The molecular formula is C18H12BrF3N2O2. The smallest absolute Gasteiger partial charge is 0.421 e. The van der Waals surface area contributed by atoms with Crippen molar-refractivity contribution in [3.8, 4) is 17.4 Å². The molecule has 3 rings (SSSR count). The van der Waals surface area contributed by atoms with Gasteiger partial charge in [0.05, 0.1) is 0 Å². The SMILES string of the molecule is FC(F)(F)c1c(Br)ccc(Oc2ccncn2)c1OCc1ccccc1. The summed E-state index contributed by atoms with van der Waals surface area (Å²) in [5.74, 6) is -0.385. The largest absolute Gasteiger partial charge is 0.484 e. The molecule has 0 atom stereocenters. The van der Waals surface area contributed by atoms with Crippen molar-refractivity contribution in [1.29, 1.82) is 0 Å². The highest BCUT2D eigenvalue weighted by Gasteiger charge is 2.38. The maximum absolute atomic E-state index is 13.6. The second-order valence-electron chi connectivity index (χ2n) is 5.17. The lowest BCUT2D eigenvalue weighted by molar-refractivity contribution is -0.139. The van der Waals surface area contributed by atoms with Crippen LogP contribution in [0, 0.1) is 0 Å². The van der Waals surface area contributed by atoms with E-state index in [1.165, 1.54) is 30.7 Å². The number of hydrogen-bond donors (Lipinski definition) is 0. The van der Waals surface area contributed by atoms with Gasteiger partial charge in [-0.05, 0) is 17.7 Å². The molecule has 4 nitrogen and oxygen atoms in total. The Labute approximate surface area is 155 Å². The topological polar surface area (TPSA) is 44.2 Å². The summed E-state index contributed by atoms with van der Waals surface area (Å²) in [4.78, 5) is 7.61. The summed E-state index contributed by atoms with van der Waals surface area (Å²) in [6.45, 7) is -0.0412. The van der Waals surface area contributed by atoms with Crippen LogP contribution in [0.25, 0.3) is 0 Å². The lowest BCUT2D eigenvalue weighted by Crippen LogP contribution is -2.11. The molecule has 1 aromatic heterocycles. The van der Waals surface area contributed by atoms with Gasteiger partial charge in [0.1, 0.15) is 18.5 Å². The van der Waals surface area contributed by atoms with Crippen molar-refractivity contribution in [1.82, 2.24) is 9.97 Å². The summed E-state index contributed by atoms with van der Waals surface area (Å²) < 4.78 is 51.6. The Bertz CT molecular complexity index is 875. The minimum atomic E-state index is -4.63. The number of benzene rings is 2. The summed E-state index contributed by atoms with van der Waals surface area (Å²) in [5.41, 5.74) is -0.214. The molecule has 0 saturated heterocycles. The molecule has 0 aliphatic heterocycles. The molecule has 0 bridgehead atoms. The highest BCUT2D eigenvalue weighted by Crippen LogP contribution is 2.47. The first-order valence-electron chi connectivity index (χ1n) is 7.45. The van der Waals surface area contributed by atoms with Gasteiger partial charge in [0, 0.05) is 16.7 Å². The van der Waals surface area contributed by atoms with E-state index < -0.39 is 17.5 Å². The van der Waals surface area contributed by atoms with Gasteiger partial charge in [-0.3, -0.25) is 0 Å². The van der Waals surface area contributed by atoms with E-state index in [0.717, 1.165) is 5.56 Å². The van der Waals surface area contributed by atoms with Gasteiger partial charge in [0.25, 0.3) is 0 Å². The summed E-state index contributed by atoms with van der Waals surface area (Å²) >= 11 is 2.95. The number of ether oxygens (including phenoxy) is 2. The Morgan fingerprint density at radius 2 is 1.77 bits per heavy atom. The van der Waals surface area contributed by atoms with E-state index in [1.54, 1.807) is 24.3 Å². The third-order valence-electron chi connectivity index (χ3n) is 3.35. The van der Waals surface area contributed by atoms with Gasteiger partial charge in [-0.15, -0.1) is 0 Å². The molecule has 3 aromatic rings. The van der Waals surface area contributed by atoms with Crippen LogP contribution in [0.5, 0.6) is 17.4 Å². The highest BCUT2D eigenvalue weighted by atomic mass is 79.9. The lowest BCUT2D eigenvalue weighted by atomic mass is 10.1. The molecule has 0 amide bonds. The zero-order valence-electron chi connectivity index (χ0n) is 13.2. The van der Waals surface area contributed by atoms with Crippen LogP contribution in [-0.4, -0.2) is 9.97 Å². The second kappa shape index (κ2) is 7.74. The number of rotatable bonds is 5. The molecule has 0 aliphatic rings. The van der Waals surface area contributed by atoms with Crippen LogP contribution in [-0.2, 0) is 12.8 Å². The van der Waals surface area contributed by atoms with Crippen LogP contribution in [0.4, 0.5) is 13.2 Å². The first-order chi connectivity index (χ1) is 12.4. The fraction of sp³-hybridized carbons (Fsp3) is 0.111. The van der Waals surface area contributed by atoms with E-state index >= 15 is 0 Å².